The van der Waals surface area contributed by atoms with Crippen molar-refractivity contribution in [2.24, 2.45) is 5.92 Å². The van der Waals surface area contributed by atoms with Crippen molar-refractivity contribution in [1.82, 2.24) is 10.6 Å². The fraction of sp³-hybridized carbons (Fsp3) is 0.562. The summed E-state index contributed by atoms with van der Waals surface area (Å²) in [6.45, 7) is 5.78. The van der Waals surface area contributed by atoms with Crippen molar-refractivity contribution in [3.8, 4) is 0 Å². The lowest BCUT2D eigenvalue weighted by atomic mass is 10.1. The molecule has 0 aromatic heterocycles. The standard InChI is InChI=1S/C16H24ClN3O2/c1-12-3-4-14(17)9-15(12)20-7-5-13(11-20)10-19-16(21)18-6-8-22-2/h3-4,9,13H,5-8,10-11H2,1-2H3,(H2,18,19,21)/t13-/m1/s1. The minimum absolute atomic E-state index is 0.130. The maximum atomic E-state index is 11.6. The summed E-state index contributed by atoms with van der Waals surface area (Å²) in [5.41, 5.74) is 2.43. The Balaban J connectivity index is 1.78. The van der Waals surface area contributed by atoms with E-state index in [9.17, 15) is 4.79 Å². The molecule has 2 N–H and O–H groups in total. The zero-order valence-corrected chi connectivity index (χ0v) is 13.9. The fourth-order valence-corrected chi connectivity index (χ4v) is 2.87. The number of nitrogens with zero attached hydrogens (tertiary/aromatic N) is 1. The second-order valence-corrected chi connectivity index (χ2v) is 6.10. The number of benzene rings is 1. The highest BCUT2D eigenvalue weighted by Gasteiger charge is 2.24. The zero-order chi connectivity index (χ0) is 15.9. The molecule has 2 rings (SSSR count). The summed E-state index contributed by atoms with van der Waals surface area (Å²) in [5.74, 6) is 0.464. The average Bonchev–Trinajstić information content (AvgIpc) is 2.97. The van der Waals surface area contributed by atoms with Gasteiger partial charge in [-0.3, -0.25) is 0 Å². The number of amides is 2. The SMILES string of the molecule is COCCNC(=O)NC[C@H]1CCN(c2cc(Cl)ccc2C)C1. The molecule has 2 amide bonds. The van der Waals surface area contributed by atoms with E-state index in [1.165, 1.54) is 11.3 Å². The summed E-state index contributed by atoms with van der Waals surface area (Å²) in [4.78, 5) is 14.0. The molecule has 5 nitrogen and oxygen atoms in total. The monoisotopic (exact) mass is 325 g/mol. The number of methoxy groups -OCH3 is 1. The number of halogens is 1. The molecule has 6 heteroatoms. The van der Waals surface area contributed by atoms with Crippen LogP contribution in [-0.2, 0) is 4.74 Å². The summed E-state index contributed by atoms with van der Waals surface area (Å²) in [5, 5.41) is 6.45. The van der Waals surface area contributed by atoms with Gasteiger partial charge in [0.1, 0.15) is 0 Å². The van der Waals surface area contributed by atoms with Gasteiger partial charge in [-0.1, -0.05) is 17.7 Å². The van der Waals surface area contributed by atoms with Crippen LogP contribution in [0.4, 0.5) is 10.5 Å². The van der Waals surface area contributed by atoms with Gasteiger partial charge < -0.3 is 20.3 Å². The Bertz CT molecular complexity index is 510. The molecule has 1 fully saturated rings. The number of urea groups is 1. The van der Waals surface area contributed by atoms with Gasteiger partial charge in [0.25, 0.3) is 0 Å². The Hall–Kier alpha value is -1.46. The molecule has 1 aliphatic heterocycles. The van der Waals surface area contributed by atoms with Gasteiger partial charge in [-0.2, -0.15) is 0 Å². The first-order valence-corrected chi connectivity index (χ1v) is 7.99. The number of anilines is 1. The summed E-state index contributed by atoms with van der Waals surface area (Å²) >= 11 is 6.09. The molecule has 1 heterocycles. The van der Waals surface area contributed by atoms with Crippen molar-refractivity contribution >= 4 is 23.3 Å². The summed E-state index contributed by atoms with van der Waals surface area (Å²) in [6.07, 6.45) is 1.07. The number of ether oxygens (including phenoxy) is 1. The first-order chi connectivity index (χ1) is 10.6. The van der Waals surface area contributed by atoms with Gasteiger partial charge in [0, 0.05) is 44.0 Å². The third kappa shape index (κ3) is 4.78. The molecule has 0 spiro atoms. The molecule has 0 unspecified atom stereocenters. The maximum absolute atomic E-state index is 11.6. The van der Waals surface area contributed by atoms with Gasteiger partial charge in [-0.05, 0) is 37.0 Å². The van der Waals surface area contributed by atoms with E-state index in [0.717, 1.165) is 24.5 Å². The second-order valence-electron chi connectivity index (χ2n) is 5.66. The molecular formula is C16H24ClN3O2. The normalized spacial score (nSPS) is 17.6. The van der Waals surface area contributed by atoms with E-state index in [1.54, 1.807) is 7.11 Å². The molecule has 0 saturated carbocycles. The summed E-state index contributed by atoms with van der Waals surface area (Å²) in [6, 6.07) is 5.85. The number of carbonyl (C=O) groups is 1. The molecule has 1 aromatic rings. The molecule has 1 saturated heterocycles. The van der Waals surface area contributed by atoms with Crippen LogP contribution < -0.4 is 15.5 Å². The fourth-order valence-electron chi connectivity index (χ4n) is 2.71. The number of carbonyl (C=O) groups excluding carboxylic acids is 1. The van der Waals surface area contributed by atoms with Crippen molar-refractivity contribution in [1.29, 1.82) is 0 Å². The summed E-state index contributed by atoms with van der Waals surface area (Å²) < 4.78 is 4.89. The van der Waals surface area contributed by atoms with Crippen molar-refractivity contribution < 1.29 is 9.53 Å². The molecule has 22 heavy (non-hydrogen) atoms. The van der Waals surface area contributed by atoms with Crippen LogP contribution in [0.3, 0.4) is 0 Å². The van der Waals surface area contributed by atoms with Gasteiger partial charge in [0.05, 0.1) is 6.61 Å². The largest absolute Gasteiger partial charge is 0.383 e. The Kier molecular flexibility index (Phi) is 6.34. The molecule has 1 atom stereocenters. The van der Waals surface area contributed by atoms with E-state index in [1.807, 2.05) is 18.2 Å². The zero-order valence-electron chi connectivity index (χ0n) is 13.2. The predicted octanol–water partition coefficient (Wildman–Crippen LogP) is 2.42. The summed E-state index contributed by atoms with van der Waals surface area (Å²) in [7, 11) is 1.62. The lowest BCUT2D eigenvalue weighted by Crippen LogP contribution is -2.40. The Morgan fingerprint density at radius 2 is 2.27 bits per heavy atom. The van der Waals surface area contributed by atoms with Crippen molar-refractivity contribution in [2.75, 3.05) is 44.8 Å². The van der Waals surface area contributed by atoms with Crippen LogP contribution in [-0.4, -0.2) is 45.9 Å². The van der Waals surface area contributed by atoms with E-state index >= 15 is 0 Å². The highest BCUT2D eigenvalue weighted by Crippen LogP contribution is 2.29. The molecule has 122 valence electrons. The Morgan fingerprint density at radius 3 is 3.05 bits per heavy atom. The van der Waals surface area contributed by atoms with E-state index < -0.39 is 0 Å². The molecular weight excluding hydrogens is 302 g/mol. The minimum atomic E-state index is -0.130. The number of nitrogens with one attached hydrogen (secondary N) is 2. The van der Waals surface area contributed by atoms with Crippen LogP contribution in [0.5, 0.6) is 0 Å². The van der Waals surface area contributed by atoms with Gasteiger partial charge >= 0.3 is 6.03 Å². The average molecular weight is 326 g/mol. The predicted molar refractivity (Wildman–Crippen MR) is 89.8 cm³/mol. The van der Waals surface area contributed by atoms with Gasteiger partial charge in [-0.15, -0.1) is 0 Å². The first-order valence-electron chi connectivity index (χ1n) is 7.62. The van der Waals surface area contributed by atoms with Crippen LogP contribution in [0.1, 0.15) is 12.0 Å². The minimum Gasteiger partial charge on any atom is -0.383 e. The first kappa shape index (κ1) is 16.9. The Labute approximate surface area is 137 Å². The molecule has 0 aliphatic carbocycles. The van der Waals surface area contributed by atoms with E-state index in [4.69, 9.17) is 16.3 Å². The molecule has 1 aromatic carbocycles. The van der Waals surface area contributed by atoms with Crippen LogP contribution >= 0.6 is 11.6 Å². The Morgan fingerprint density at radius 1 is 1.45 bits per heavy atom. The van der Waals surface area contributed by atoms with Crippen LogP contribution in [0, 0.1) is 12.8 Å². The molecule has 0 radical (unpaired) electrons. The quantitative estimate of drug-likeness (QED) is 0.790. The molecule has 1 aliphatic rings. The number of aryl methyl sites for hydroxylation is 1. The smallest absolute Gasteiger partial charge is 0.314 e. The van der Waals surface area contributed by atoms with Crippen molar-refractivity contribution in [2.45, 2.75) is 13.3 Å². The van der Waals surface area contributed by atoms with E-state index in [-0.39, 0.29) is 6.03 Å². The second kappa shape index (κ2) is 8.25. The highest BCUT2D eigenvalue weighted by atomic mass is 35.5. The van der Waals surface area contributed by atoms with E-state index in [0.29, 0.717) is 25.6 Å². The van der Waals surface area contributed by atoms with Crippen molar-refractivity contribution in [3.05, 3.63) is 28.8 Å². The van der Waals surface area contributed by atoms with Crippen LogP contribution in [0.2, 0.25) is 5.02 Å². The molecule has 0 bridgehead atoms. The number of hydrogen-bond donors (Lipinski definition) is 2. The van der Waals surface area contributed by atoms with Crippen LogP contribution in [0.25, 0.3) is 0 Å². The van der Waals surface area contributed by atoms with Gasteiger partial charge in [-0.25, -0.2) is 4.79 Å². The lowest BCUT2D eigenvalue weighted by Gasteiger charge is -2.21. The van der Waals surface area contributed by atoms with Gasteiger partial charge in [0.15, 0.2) is 0 Å². The lowest BCUT2D eigenvalue weighted by molar-refractivity contribution is 0.195. The van der Waals surface area contributed by atoms with Crippen molar-refractivity contribution in [3.63, 3.8) is 0 Å². The van der Waals surface area contributed by atoms with E-state index in [2.05, 4.69) is 22.5 Å². The number of rotatable bonds is 6. The maximum Gasteiger partial charge on any atom is 0.314 e. The van der Waals surface area contributed by atoms with Gasteiger partial charge in [0.2, 0.25) is 0 Å². The number of hydrogen-bond acceptors (Lipinski definition) is 3. The topological polar surface area (TPSA) is 53.6 Å². The highest BCUT2D eigenvalue weighted by molar-refractivity contribution is 6.30. The third-order valence-corrected chi connectivity index (χ3v) is 4.18. The third-order valence-electron chi connectivity index (χ3n) is 3.94. The van der Waals surface area contributed by atoms with Crippen LogP contribution in [0.15, 0.2) is 18.2 Å².